The number of halogens is 1. The maximum absolute atomic E-state index is 13.1. The third-order valence-electron chi connectivity index (χ3n) is 6.14. The molecule has 5 nitrogen and oxygen atoms in total. The number of benzene rings is 1. The van der Waals surface area contributed by atoms with Crippen molar-refractivity contribution >= 4 is 24.2 Å². The summed E-state index contributed by atoms with van der Waals surface area (Å²) in [7, 11) is 0. The summed E-state index contributed by atoms with van der Waals surface area (Å²) in [6, 6.07) is 11.2. The lowest BCUT2D eigenvalue weighted by molar-refractivity contribution is -0.148. The van der Waals surface area contributed by atoms with Crippen LogP contribution >= 0.6 is 12.4 Å². The van der Waals surface area contributed by atoms with E-state index in [1.54, 1.807) is 11.8 Å². The number of hydrogen-bond acceptors (Lipinski definition) is 3. The fourth-order valence-electron chi connectivity index (χ4n) is 4.68. The number of carbonyl (C=O) groups is 2. The number of nitrogens with one attached hydrogen (secondary N) is 1. The molecule has 6 heteroatoms. The summed E-state index contributed by atoms with van der Waals surface area (Å²) < 4.78 is 0. The summed E-state index contributed by atoms with van der Waals surface area (Å²) in [5, 5.41) is 3.72. The summed E-state index contributed by atoms with van der Waals surface area (Å²) in [5.74, 6) is 0.663. The Balaban J connectivity index is 0.00000196. The second-order valence-electron chi connectivity index (χ2n) is 7.67. The zero-order valence-corrected chi connectivity index (χ0v) is 16.1. The zero-order chi connectivity index (χ0) is 17.4. The Morgan fingerprint density at radius 2 is 1.81 bits per heavy atom. The first-order valence-electron chi connectivity index (χ1n) is 9.49. The van der Waals surface area contributed by atoms with Crippen molar-refractivity contribution < 1.29 is 9.59 Å². The molecular weight excluding hydrogens is 350 g/mol. The monoisotopic (exact) mass is 377 g/mol. The number of hydrogen-bond donors (Lipinski definition) is 1. The Morgan fingerprint density at radius 1 is 1.08 bits per heavy atom. The molecule has 0 saturated carbocycles. The Hall–Kier alpha value is -1.59. The van der Waals surface area contributed by atoms with Crippen LogP contribution in [0.1, 0.15) is 37.7 Å². The van der Waals surface area contributed by atoms with E-state index in [4.69, 9.17) is 0 Å². The first kappa shape index (κ1) is 19.2. The molecule has 2 amide bonds. The molecule has 0 spiro atoms. The molecule has 1 aromatic rings. The van der Waals surface area contributed by atoms with Crippen molar-refractivity contribution in [3.63, 3.8) is 0 Å². The summed E-state index contributed by atoms with van der Waals surface area (Å²) in [5.41, 5.74) is 1.32. The number of likely N-dealkylation sites (tertiary alicyclic amines) is 2. The van der Waals surface area contributed by atoms with Crippen LogP contribution in [-0.2, 0) is 9.59 Å². The van der Waals surface area contributed by atoms with Crippen LogP contribution in [0.2, 0.25) is 0 Å². The fourth-order valence-corrected chi connectivity index (χ4v) is 4.68. The first-order chi connectivity index (χ1) is 12.1. The maximum Gasteiger partial charge on any atom is 0.229 e. The van der Waals surface area contributed by atoms with Crippen LogP contribution in [-0.4, -0.2) is 59.9 Å². The largest absolute Gasteiger partial charge is 0.341 e. The predicted octanol–water partition coefficient (Wildman–Crippen LogP) is 2.02. The molecule has 26 heavy (non-hydrogen) atoms. The van der Waals surface area contributed by atoms with Crippen molar-refractivity contribution in [2.75, 3.05) is 26.2 Å². The van der Waals surface area contributed by atoms with Gasteiger partial charge in [-0.3, -0.25) is 9.59 Å². The lowest BCUT2D eigenvalue weighted by atomic mass is 9.90. The van der Waals surface area contributed by atoms with E-state index in [0.29, 0.717) is 25.0 Å². The number of rotatable bonds is 2. The SMILES string of the molecule is CC(=O)N1CC(C(=O)N2C[C@@H](c3ccccc3)[C@@H]3NCCCC[C@@H]32)C1.Cl. The van der Waals surface area contributed by atoms with Crippen LogP contribution in [0.25, 0.3) is 0 Å². The molecule has 142 valence electrons. The van der Waals surface area contributed by atoms with Crippen LogP contribution in [0, 0.1) is 5.92 Å². The molecule has 0 radical (unpaired) electrons. The summed E-state index contributed by atoms with van der Waals surface area (Å²) >= 11 is 0. The molecule has 1 N–H and O–H groups in total. The van der Waals surface area contributed by atoms with Gasteiger partial charge in [-0.25, -0.2) is 0 Å². The molecule has 3 fully saturated rings. The Morgan fingerprint density at radius 3 is 2.50 bits per heavy atom. The van der Waals surface area contributed by atoms with Crippen LogP contribution in [0.5, 0.6) is 0 Å². The van der Waals surface area contributed by atoms with Gasteiger partial charge in [0.05, 0.1) is 5.92 Å². The molecule has 0 bridgehead atoms. The lowest BCUT2D eigenvalue weighted by Crippen LogP contribution is -2.57. The highest BCUT2D eigenvalue weighted by Crippen LogP contribution is 2.37. The zero-order valence-electron chi connectivity index (χ0n) is 15.3. The molecule has 3 saturated heterocycles. The van der Waals surface area contributed by atoms with E-state index in [9.17, 15) is 9.59 Å². The van der Waals surface area contributed by atoms with E-state index >= 15 is 0 Å². The highest BCUT2D eigenvalue weighted by Gasteiger charge is 2.47. The van der Waals surface area contributed by atoms with Crippen molar-refractivity contribution in [3.8, 4) is 0 Å². The van der Waals surface area contributed by atoms with E-state index in [2.05, 4.69) is 34.5 Å². The highest BCUT2D eigenvalue weighted by molar-refractivity contribution is 5.85. The van der Waals surface area contributed by atoms with E-state index < -0.39 is 0 Å². The average Bonchev–Trinajstić information content (AvgIpc) is 2.75. The quantitative estimate of drug-likeness (QED) is 0.857. The molecule has 3 aliphatic rings. The Kier molecular flexibility index (Phi) is 5.88. The van der Waals surface area contributed by atoms with Gasteiger partial charge in [-0.15, -0.1) is 12.4 Å². The van der Waals surface area contributed by atoms with Gasteiger partial charge >= 0.3 is 0 Å². The van der Waals surface area contributed by atoms with Crippen LogP contribution < -0.4 is 5.32 Å². The van der Waals surface area contributed by atoms with Gasteiger partial charge < -0.3 is 15.1 Å². The van der Waals surface area contributed by atoms with Gasteiger partial charge in [0, 0.05) is 44.6 Å². The Bertz CT molecular complexity index is 648. The van der Waals surface area contributed by atoms with Crippen molar-refractivity contribution in [1.82, 2.24) is 15.1 Å². The summed E-state index contributed by atoms with van der Waals surface area (Å²) in [6.07, 6.45) is 3.43. The number of amides is 2. The van der Waals surface area contributed by atoms with Gasteiger partial charge in [0.1, 0.15) is 0 Å². The lowest BCUT2D eigenvalue weighted by Gasteiger charge is -2.40. The van der Waals surface area contributed by atoms with Crippen LogP contribution in [0.3, 0.4) is 0 Å². The topological polar surface area (TPSA) is 52.7 Å². The van der Waals surface area contributed by atoms with E-state index in [1.807, 2.05) is 6.07 Å². The van der Waals surface area contributed by atoms with Gasteiger partial charge in [-0.1, -0.05) is 36.8 Å². The van der Waals surface area contributed by atoms with Crippen LogP contribution in [0.4, 0.5) is 0 Å². The smallest absolute Gasteiger partial charge is 0.229 e. The second kappa shape index (κ2) is 7.97. The normalized spacial score (nSPS) is 28.6. The summed E-state index contributed by atoms with van der Waals surface area (Å²) in [6.45, 7) is 4.58. The molecule has 3 aliphatic heterocycles. The number of carbonyl (C=O) groups excluding carboxylic acids is 2. The second-order valence-corrected chi connectivity index (χ2v) is 7.67. The first-order valence-corrected chi connectivity index (χ1v) is 9.49. The average molecular weight is 378 g/mol. The van der Waals surface area contributed by atoms with Gasteiger partial charge in [0.25, 0.3) is 0 Å². The number of fused-ring (bicyclic) bond motifs is 1. The van der Waals surface area contributed by atoms with E-state index in [1.165, 1.54) is 18.4 Å². The van der Waals surface area contributed by atoms with E-state index in [-0.39, 0.29) is 36.2 Å². The third-order valence-corrected chi connectivity index (χ3v) is 6.14. The predicted molar refractivity (Wildman–Crippen MR) is 103 cm³/mol. The molecule has 4 rings (SSSR count). The van der Waals surface area contributed by atoms with Gasteiger partial charge in [0.15, 0.2) is 0 Å². The molecule has 0 aliphatic carbocycles. The van der Waals surface area contributed by atoms with Crippen molar-refractivity contribution in [2.45, 2.75) is 44.2 Å². The molecular formula is C20H28ClN3O2. The van der Waals surface area contributed by atoms with Crippen LogP contribution in [0.15, 0.2) is 30.3 Å². The minimum atomic E-state index is -0.0117. The minimum Gasteiger partial charge on any atom is -0.341 e. The van der Waals surface area contributed by atoms with Gasteiger partial charge in [0.2, 0.25) is 11.8 Å². The summed E-state index contributed by atoms with van der Waals surface area (Å²) in [4.78, 5) is 28.4. The van der Waals surface area contributed by atoms with Gasteiger partial charge in [-0.2, -0.15) is 0 Å². The molecule has 1 aromatic carbocycles. The minimum absolute atomic E-state index is 0. The highest BCUT2D eigenvalue weighted by atomic mass is 35.5. The number of nitrogens with zero attached hydrogens (tertiary/aromatic N) is 2. The fraction of sp³-hybridized carbons (Fsp3) is 0.600. The molecule has 3 atom stereocenters. The maximum atomic E-state index is 13.1. The molecule has 0 unspecified atom stereocenters. The van der Waals surface area contributed by atoms with Crippen molar-refractivity contribution in [1.29, 1.82) is 0 Å². The Labute approximate surface area is 161 Å². The molecule has 0 aromatic heterocycles. The van der Waals surface area contributed by atoms with Crippen molar-refractivity contribution in [2.24, 2.45) is 5.92 Å². The third kappa shape index (κ3) is 3.47. The van der Waals surface area contributed by atoms with Gasteiger partial charge in [-0.05, 0) is 24.9 Å². The standard InChI is InChI=1S/C20H27N3O2.ClH/c1-14(24)22-11-16(12-22)20(25)23-13-17(15-7-3-2-4-8-15)19-18(23)9-5-6-10-21-19;/h2-4,7-8,16-19,21H,5-6,9-13H2,1H3;1H/t17-,18-,19-;/m0./s1. The molecule has 3 heterocycles. The van der Waals surface area contributed by atoms with E-state index in [0.717, 1.165) is 19.5 Å². The van der Waals surface area contributed by atoms with Crippen molar-refractivity contribution in [3.05, 3.63) is 35.9 Å².